The second kappa shape index (κ2) is 9.16. The number of urea groups is 1. The van der Waals surface area contributed by atoms with E-state index in [-0.39, 0.29) is 31.1 Å². The van der Waals surface area contributed by atoms with Crippen LogP contribution in [-0.4, -0.2) is 74.6 Å². The van der Waals surface area contributed by atoms with Gasteiger partial charge in [0.1, 0.15) is 5.54 Å². The zero-order valence-electron chi connectivity index (χ0n) is 18.0. The van der Waals surface area contributed by atoms with Crippen molar-refractivity contribution >= 4 is 11.9 Å². The third kappa shape index (κ3) is 4.20. The van der Waals surface area contributed by atoms with Crippen LogP contribution < -0.4 is 0 Å². The predicted molar refractivity (Wildman–Crippen MR) is 117 cm³/mol. The minimum absolute atomic E-state index is 0.0498. The molecule has 2 aliphatic heterocycles. The standard InChI is InChI=1S/C24H30N4O3/c1-19(18-29)26-14-10-24(11-15-26)22(30)27(17-21-8-5-12-25-16-21)23(31)28(24)13-9-20-6-3-2-4-7-20/h2-8,12,16,19,29H,9-11,13-15,17-18H2,1H3. The second-order valence-corrected chi connectivity index (χ2v) is 8.52. The normalized spacial score (nSPS) is 19.9. The van der Waals surface area contributed by atoms with Crippen LogP contribution >= 0.6 is 0 Å². The first-order valence-electron chi connectivity index (χ1n) is 11.0. The summed E-state index contributed by atoms with van der Waals surface area (Å²) >= 11 is 0. The summed E-state index contributed by atoms with van der Waals surface area (Å²) in [5.74, 6) is -0.106. The third-order valence-electron chi connectivity index (χ3n) is 6.66. The van der Waals surface area contributed by atoms with E-state index in [0.29, 0.717) is 38.9 Å². The van der Waals surface area contributed by atoms with Crippen molar-refractivity contribution in [1.82, 2.24) is 19.7 Å². The van der Waals surface area contributed by atoms with Crippen LogP contribution in [0.2, 0.25) is 0 Å². The van der Waals surface area contributed by atoms with Gasteiger partial charge in [0.2, 0.25) is 0 Å². The van der Waals surface area contributed by atoms with Gasteiger partial charge >= 0.3 is 6.03 Å². The minimum atomic E-state index is -0.806. The fourth-order valence-electron chi connectivity index (χ4n) is 4.73. The van der Waals surface area contributed by atoms with Crippen LogP contribution in [-0.2, 0) is 17.8 Å². The van der Waals surface area contributed by atoms with Gasteiger partial charge in [-0.25, -0.2) is 4.79 Å². The smallest absolute Gasteiger partial charge is 0.328 e. The summed E-state index contributed by atoms with van der Waals surface area (Å²) < 4.78 is 0. The highest BCUT2D eigenvalue weighted by Crippen LogP contribution is 2.38. The van der Waals surface area contributed by atoms with E-state index >= 15 is 0 Å². The molecular weight excluding hydrogens is 392 g/mol. The van der Waals surface area contributed by atoms with Gasteiger partial charge in [0, 0.05) is 38.1 Å². The van der Waals surface area contributed by atoms with Gasteiger partial charge in [-0.05, 0) is 43.4 Å². The van der Waals surface area contributed by atoms with Crippen LogP contribution in [0.1, 0.15) is 30.9 Å². The molecular formula is C24H30N4O3. The molecule has 31 heavy (non-hydrogen) atoms. The number of aliphatic hydroxyl groups excluding tert-OH is 1. The zero-order chi connectivity index (χ0) is 21.8. The van der Waals surface area contributed by atoms with Crippen molar-refractivity contribution in [2.24, 2.45) is 0 Å². The number of imide groups is 1. The molecule has 0 aliphatic carbocycles. The average molecular weight is 423 g/mol. The number of nitrogens with zero attached hydrogens (tertiary/aromatic N) is 4. The average Bonchev–Trinajstić information content (AvgIpc) is 3.00. The molecule has 1 N–H and O–H groups in total. The van der Waals surface area contributed by atoms with E-state index in [0.717, 1.165) is 11.1 Å². The highest BCUT2D eigenvalue weighted by Gasteiger charge is 2.57. The van der Waals surface area contributed by atoms with Gasteiger partial charge in [0.15, 0.2) is 0 Å². The van der Waals surface area contributed by atoms with Crippen molar-refractivity contribution in [3.63, 3.8) is 0 Å². The van der Waals surface area contributed by atoms with Gasteiger partial charge in [0.25, 0.3) is 5.91 Å². The molecule has 2 aliphatic rings. The summed E-state index contributed by atoms with van der Waals surface area (Å²) in [6, 6.07) is 13.6. The van der Waals surface area contributed by atoms with Crippen molar-refractivity contribution < 1.29 is 14.7 Å². The van der Waals surface area contributed by atoms with Gasteiger partial charge in [-0.2, -0.15) is 0 Å². The lowest BCUT2D eigenvalue weighted by molar-refractivity contribution is -0.136. The maximum Gasteiger partial charge on any atom is 0.328 e. The Kier molecular flexibility index (Phi) is 6.34. The SMILES string of the molecule is CC(CO)N1CCC2(CC1)C(=O)N(Cc1cccnc1)C(=O)N2CCc1ccccc1. The lowest BCUT2D eigenvalue weighted by atomic mass is 9.85. The third-order valence-corrected chi connectivity index (χ3v) is 6.66. The van der Waals surface area contributed by atoms with Crippen molar-refractivity contribution in [2.45, 2.75) is 44.3 Å². The number of pyridine rings is 1. The summed E-state index contributed by atoms with van der Waals surface area (Å²) in [7, 11) is 0. The maximum atomic E-state index is 13.6. The number of rotatable bonds is 7. The van der Waals surface area contributed by atoms with E-state index in [9.17, 15) is 14.7 Å². The first-order valence-corrected chi connectivity index (χ1v) is 11.0. The molecule has 2 saturated heterocycles. The number of benzene rings is 1. The van der Waals surface area contributed by atoms with Gasteiger partial charge in [-0.1, -0.05) is 36.4 Å². The van der Waals surface area contributed by atoms with E-state index in [4.69, 9.17) is 0 Å². The van der Waals surface area contributed by atoms with Crippen LogP contribution in [0, 0.1) is 0 Å². The predicted octanol–water partition coefficient (Wildman–Crippen LogP) is 2.30. The molecule has 1 unspecified atom stereocenters. The van der Waals surface area contributed by atoms with Gasteiger partial charge in [-0.15, -0.1) is 0 Å². The summed E-state index contributed by atoms with van der Waals surface area (Å²) in [5, 5.41) is 9.52. The number of hydrogen-bond acceptors (Lipinski definition) is 5. The molecule has 0 radical (unpaired) electrons. The highest BCUT2D eigenvalue weighted by molar-refractivity contribution is 6.07. The summed E-state index contributed by atoms with van der Waals surface area (Å²) in [4.78, 5) is 36.6. The van der Waals surface area contributed by atoms with E-state index in [1.807, 2.05) is 49.4 Å². The first-order chi connectivity index (χ1) is 15.0. The maximum absolute atomic E-state index is 13.6. The molecule has 164 valence electrons. The Morgan fingerprint density at radius 2 is 1.77 bits per heavy atom. The molecule has 7 nitrogen and oxygen atoms in total. The van der Waals surface area contributed by atoms with Crippen LogP contribution in [0.3, 0.4) is 0 Å². The number of piperidine rings is 1. The monoisotopic (exact) mass is 422 g/mol. The topological polar surface area (TPSA) is 77.0 Å². The Morgan fingerprint density at radius 3 is 2.42 bits per heavy atom. The van der Waals surface area contributed by atoms with Crippen molar-refractivity contribution in [3.8, 4) is 0 Å². The van der Waals surface area contributed by atoms with E-state index in [1.54, 1.807) is 17.3 Å². The minimum Gasteiger partial charge on any atom is -0.395 e. The van der Waals surface area contributed by atoms with Crippen molar-refractivity contribution in [3.05, 3.63) is 66.0 Å². The summed E-state index contributed by atoms with van der Waals surface area (Å²) in [5.41, 5.74) is 1.19. The summed E-state index contributed by atoms with van der Waals surface area (Å²) in [6.45, 7) is 4.19. The van der Waals surface area contributed by atoms with Crippen LogP contribution in [0.15, 0.2) is 54.9 Å². The van der Waals surface area contributed by atoms with Gasteiger partial charge in [-0.3, -0.25) is 19.6 Å². The molecule has 0 saturated carbocycles. The number of carbonyl (C=O) groups excluding carboxylic acids is 2. The Hall–Kier alpha value is -2.77. The molecule has 0 bridgehead atoms. The molecule has 1 spiro atoms. The number of likely N-dealkylation sites (tertiary alicyclic amines) is 1. The van der Waals surface area contributed by atoms with Crippen LogP contribution in [0.25, 0.3) is 0 Å². The quantitative estimate of drug-likeness (QED) is 0.693. The second-order valence-electron chi connectivity index (χ2n) is 8.52. The largest absolute Gasteiger partial charge is 0.395 e. The molecule has 3 heterocycles. The highest BCUT2D eigenvalue weighted by atomic mass is 16.3. The fourth-order valence-corrected chi connectivity index (χ4v) is 4.73. The molecule has 7 heteroatoms. The molecule has 1 aromatic carbocycles. The Morgan fingerprint density at radius 1 is 1.06 bits per heavy atom. The number of amides is 3. The zero-order valence-corrected chi connectivity index (χ0v) is 18.0. The van der Waals surface area contributed by atoms with Crippen LogP contribution in [0.5, 0.6) is 0 Å². The number of aromatic nitrogens is 1. The van der Waals surface area contributed by atoms with Crippen LogP contribution in [0.4, 0.5) is 4.79 Å². The molecule has 2 fully saturated rings. The van der Waals surface area contributed by atoms with Gasteiger partial charge in [0.05, 0.1) is 13.2 Å². The van der Waals surface area contributed by atoms with E-state index < -0.39 is 5.54 Å². The Bertz CT molecular complexity index is 898. The number of aliphatic hydroxyl groups is 1. The van der Waals surface area contributed by atoms with E-state index in [2.05, 4.69) is 9.88 Å². The molecule has 4 rings (SSSR count). The molecule has 2 aromatic rings. The van der Waals surface area contributed by atoms with E-state index in [1.165, 1.54) is 4.90 Å². The molecule has 3 amide bonds. The Balaban J connectivity index is 1.57. The number of carbonyl (C=O) groups is 2. The van der Waals surface area contributed by atoms with Crippen molar-refractivity contribution in [2.75, 3.05) is 26.2 Å². The molecule has 1 atom stereocenters. The van der Waals surface area contributed by atoms with Gasteiger partial charge < -0.3 is 10.0 Å². The summed E-state index contributed by atoms with van der Waals surface area (Å²) in [6.07, 6.45) is 5.26. The number of hydrogen-bond donors (Lipinski definition) is 1. The fraction of sp³-hybridized carbons (Fsp3) is 0.458. The lowest BCUT2D eigenvalue weighted by Gasteiger charge is -2.43. The Labute approximate surface area is 183 Å². The molecule has 1 aromatic heterocycles. The van der Waals surface area contributed by atoms with Crippen molar-refractivity contribution in [1.29, 1.82) is 0 Å². The first kappa shape index (κ1) is 21.5. The lowest BCUT2D eigenvalue weighted by Crippen LogP contribution is -2.58.